The summed E-state index contributed by atoms with van der Waals surface area (Å²) in [5, 5.41) is 6.25. The van der Waals surface area contributed by atoms with Crippen LogP contribution in [0.3, 0.4) is 0 Å². The number of sulfone groups is 1. The maximum Gasteiger partial charge on any atom is 0.341 e. The summed E-state index contributed by atoms with van der Waals surface area (Å²) in [6, 6.07) is 4.78. The molecule has 1 N–H and O–H groups in total. The van der Waals surface area contributed by atoms with Gasteiger partial charge in [-0.2, -0.15) is 13.9 Å². The molecule has 1 aromatic carbocycles. The van der Waals surface area contributed by atoms with Crippen LogP contribution in [0.1, 0.15) is 10.4 Å². The van der Waals surface area contributed by atoms with Crippen LogP contribution in [0.25, 0.3) is 11.3 Å². The lowest BCUT2D eigenvalue weighted by Gasteiger charge is -2.04. The fourth-order valence-electron chi connectivity index (χ4n) is 1.53. The van der Waals surface area contributed by atoms with Gasteiger partial charge in [-0.25, -0.2) is 8.42 Å². The molecule has 19 heavy (non-hydrogen) atoms. The predicted octanol–water partition coefficient (Wildman–Crippen LogP) is 1.89. The van der Waals surface area contributed by atoms with Crippen LogP contribution in [-0.2, 0) is 9.84 Å². The number of benzene rings is 1. The van der Waals surface area contributed by atoms with Gasteiger partial charge in [0.15, 0.2) is 6.29 Å². The zero-order valence-corrected chi connectivity index (χ0v) is 10.2. The first-order chi connectivity index (χ1) is 8.96. The Hall–Kier alpha value is -2.09. The van der Waals surface area contributed by atoms with Crippen LogP contribution in [-0.4, -0.2) is 30.7 Å². The molecular weight excluding hydrogens is 278 g/mol. The molecule has 100 valence electrons. The number of H-pyrrole nitrogens is 1. The van der Waals surface area contributed by atoms with Crippen molar-refractivity contribution in [1.29, 1.82) is 0 Å². The molecule has 5 nitrogen and oxygen atoms in total. The molecule has 0 aliphatic carbocycles. The van der Waals surface area contributed by atoms with Crippen LogP contribution in [0.15, 0.2) is 35.4 Å². The van der Waals surface area contributed by atoms with Crippen molar-refractivity contribution in [3.63, 3.8) is 0 Å². The number of nitrogens with one attached hydrogen (secondary N) is 1. The third-order valence-electron chi connectivity index (χ3n) is 2.50. The normalized spacial score (nSPS) is 11.7. The van der Waals surface area contributed by atoms with Crippen molar-refractivity contribution in [2.75, 3.05) is 0 Å². The molecule has 0 saturated heterocycles. The lowest BCUT2D eigenvalue weighted by Crippen LogP contribution is -2.11. The second kappa shape index (κ2) is 4.88. The standard InChI is InChI=1S/C11H8F2N2O3S/c12-11(13)19(17,18)9-3-1-7(2-4-9)10-8(6-16)5-14-15-10/h1-6,11H,(H,14,15). The van der Waals surface area contributed by atoms with E-state index in [1.165, 1.54) is 18.3 Å². The van der Waals surface area contributed by atoms with E-state index in [1.807, 2.05) is 0 Å². The predicted molar refractivity (Wildman–Crippen MR) is 62.6 cm³/mol. The fourth-order valence-corrected chi connectivity index (χ4v) is 2.25. The lowest BCUT2D eigenvalue weighted by atomic mass is 10.1. The number of aldehydes is 1. The number of halogens is 2. The average Bonchev–Trinajstić information content (AvgIpc) is 2.87. The number of aromatic nitrogens is 2. The van der Waals surface area contributed by atoms with Gasteiger partial charge in [0.05, 0.1) is 22.3 Å². The molecular formula is C11H8F2N2O3S. The summed E-state index contributed by atoms with van der Waals surface area (Å²) < 4.78 is 47.1. The van der Waals surface area contributed by atoms with Gasteiger partial charge in [-0.05, 0) is 12.1 Å². The van der Waals surface area contributed by atoms with Crippen molar-refractivity contribution in [2.24, 2.45) is 0 Å². The van der Waals surface area contributed by atoms with E-state index in [4.69, 9.17) is 0 Å². The number of nitrogens with zero attached hydrogens (tertiary/aromatic N) is 1. The Balaban J connectivity index is 2.42. The van der Waals surface area contributed by atoms with E-state index in [2.05, 4.69) is 10.2 Å². The summed E-state index contributed by atoms with van der Waals surface area (Å²) in [6.07, 6.45) is 1.90. The molecule has 0 spiro atoms. The van der Waals surface area contributed by atoms with Gasteiger partial charge in [-0.3, -0.25) is 9.89 Å². The van der Waals surface area contributed by atoms with Gasteiger partial charge in [0.2, 0.25) is 9.84 Å². The van der Waals surface area contributed by atoms with Gasteiger partial charge in [0.25, 0.3) is 0 Å². The van der Waals surface area contributed by atoms with Crippen molar-refractivity contribution in [2.45, 2.75) is 10.7 Å². The van der Waals surface area contributed by atoms with Crippen molar-refractivity contribution >= 4 is 16.1 Å². The highest BCUT2D eigenvalue weighted by molar-refractivity contribution is 7.91. The van der Waals surface area contributed by atoms with Gasteiger partial charge < -0.3 is 0 Å². The van der Waals surface area contributed by atoms with Crippen molar-refractivity contribution in [3.8, 4) is 11.3 Å². The van der Waals surface area contributed by atoms with Gasteiger partial charge in [-0.15, -0.1) is 0 Å². The fraction of sp³-hybridized carbons (Fsp3) is 0.0909. The van der Waals surface area contributed by atoms with Crippen LogP contribution >= 0.6 is 0 Å². The van der Waals surface area contributed by atoms with Crippen LogP contribution in [0.5, 0.6) is 0 Å². The van der Waals surface area contributed by atoms with Crippen molar-refractivity contribution in [3.05, 3.63) is 36.0 Å². The minimum Gasteiger partial charge on any atom is -0.298 e. The smallest absolute Gasteiger partial charge is 0.298 e. The molecule has 0 atom stereocenters. The lowest BCUT2D eigenvalue weighted by molar-refractivity contribution is 0.112. The van der Waals surface area contributed by atoms with Crippen LogP contribution in [0.4, 0.5) is 8.78 Å². The molecule has 0 fully saturated rings. The zero-order valence-electron chi connectivity index (χ0n) is 9.38. The first kappa shape index (κ1) is 13.3. The number of carbonyl (C=O) groups excluding carboxylic acids is 1. The molecule has 1 aromatic heterocycles. The number of carbonyl (C=O) groups is 1. The molecule has 8 heteroatoms. The van der Waals surface area contributed by atoms with Crippen molar-refractivity contribution in [1.82, 2.24) is 10.2 Å². The molecule has 0 radical (unpaired) electrons. The highest BCUT2D eigenvalue weighted by atomic mass is 32.2. The average molecular weight is 286 g/mol. The van der Waals surface area contributed by atoms with Gasteiger partial charge >= 0.3 is 5.76 Å². The quantitative estimate of drug-likeness (QED) is 0.870. The second-order valence-corrected chi connectivity index (χ2v) is 5.57. The van der Waals surface area contributed by atoms with E-state index in [0.29, 0.717) is 23.1 Å². The molecule has 0 aliphatic heterocycles. The minimum atomic E-state index is -4.61. The highest BCUT2D eigenvalue weighted by Gasteiger charge is 2.26. The number of hydrogen-bond acceptors (Lipinski definition) is 4. The molecule has 0 bridgehead atoms. The van der Waals surface area contributed by atoms with Crippen molar-refractivity contribution < 1.29 is 22.0 Å². The Morgan fingerprint density at radius 1 is 1.21 bits per heavy atom. The molecule has 0 aliphatic rings. The first-order valence-corrected chi connectivity index (χ1v) is 6.62. The number of hydrogen-bond donors (Lipinski definition) is 1. The van der Waals surface area contributed by atoms with E-state index in [9.17, 15) is 22.0 Å². The van der Waals surface area contributed by atoms with Gasteiger partial charge in [0.1, 0.15) is 0 Å². The maximum absolute atomic E-state index is 12.3. The van der Waals surface area contributed by atoms with Crippen LogP contribution in [0, 0.1) is 0 Å². The maximum atomic E-state index is 12.3. The van der Waals surface area contributed by atoms with E-state index in [0.717, 1.165) is 12.1 Å². The van der Waals surface area contributed by atoms with Gasteiger partial charge in [0, 0.05) is 5.56 Å². The monoisotopic (exact) mass is 286 g/mol. The van der Waals surface area contributed by atoms with Gasteiger partial charge in [-0.1, -0.05) is 12.1 Å². The third kappa shape index (κ3) is 2.39. The number of rotatable bonds is 4. The van der Waals surface area contributed by atoms with E-state index in [1.54, 1.807) is 0 Å². The summed E-state index contributed by atoms with van der Waals surface area (Å²) in [4.78, 5) is 10.2. The molecule has 2 aromatic rings. The summed E-state index contributed by atoms with van der Waals surface area (Å²) >= 11 is 0. The molecule has 2 rings (SSSR count). The largest absolute Gasteiger partial charge is 0.341 e. The Kier molecular flexibility index (Phi) is 3.43. The summed E-state index contributed by atoms with van der Waals surface area (Å²) in [7, 11) is -4.61. The summed E-state index contributed by atoms with van der Waals surface area (Å²) in [5.74, 6) is -3.46. The third-order valence-corrected chi connectivity index (χ3v) is 3.90. The Morgan fingerprint density at radius 3 is 2.37 bits per heavy atom. The van der Waals surface area contributed by atoms with E-state index >= 15 is 0 Å². The molecule has 0 saturated carbocycles. The SMILES string of the molecule is O=Cc1cn[nH]c1-c1ccc(S(=O)(=O)C(F)F)cc1. The zero-order chi connectivity index (χ0) is 14.0. The Morgan fingerprint density at radius 2 is 1.84 bits per heavy atom. The first-order valence-electron chi connectivity index (χ1n) is 5.08. The van der Waals surface area contributed by atoms with Crippen LogP contribution in [0.2, 0.25) is 0 Å². The molecule has 0 amide bonds. The highest BCUT2D eigenvalue weighted by Crippen LogP contribution is 2.24. The summed E-state index contributed by atoms with van der Waals surface area (Å²) in [5.41, 5.74) is 1.17. The molecule has 1 heterocycles. The summed E-state index contributed by atoms with van der Waals surface area (Å²) in [6.45, 7) is 0. The second-order valence-electron chi connectivity index (χ2n) is 3.65. The molecule has 0 unspecified atom stereocenters. The Bertz CT molecular complexity index is 693. The number of alkyl halides is 2. The van der Waals surface area contributed by atoms with Crippen LogP contribution < -0.4 is 0 Å². The Labute approximate surface area is 107 Å². The van der Waals surface area contributed by atoms with E-state index in [-0.39, 0.29) is 0 Å². The number of aromatic amines is 1. The minimum absolute atomic E-state index is 0.296. The van der Waals surface area contributed by atoms with E-state index < -0.39 is 20.5 Å². The topological polar surface area (TPSA) is 79.9 Å².